The van der Waals surface area contributed by atoms with Crippen LogP contribution in [0.2, 0.25) is 0 Å². The van der Waals surface area contributed by atoms with Gasteiger partial charge < -0.3 is 0 Å². The molecule has 1 aromatic heterocycles. The fourth-order valence-corrected chi connectivity index (χ4v) is 1.61. The second-order valence-electron chi connectivity index (χ2n) is 4.07. The van der Waals surface area contributed by atoms with Crippen molar-refractivity contribution in [2.75, 3.05) is 0 Å². The molecule has 0 fully saturated rings. The summed E-state index contributed by atoms with van der Waals surface area (Å²) in [4.78, 5) is 8.91. The molecular weight excluding hydrogens is 208 g/mol. The van der Waals surface area contributed by atoms with Gasteiger partial charge in [0.25, 0.3) is 0 Å². The smallest absolute Gasteiger partial charge is 0.0466 e. The molecule has 0 amide bonds. The van der Waals surface area contributed by atoms with Crippen molar-refractivity contribution in [1.82, 2.24) is 4.98 Å². The minimum atomic E-state index is 0.697. The average molecular weight is 228 g/mol. The molecule has 0 unspecified atom stereocenters. The van der Waals surface area contributed by atoms with Gasteiger partial charge in [0.05, 0.1) is 0 Å². The number of pyridine rings is 1. The van der Waals surface area contributed by atoms with Gasteiger partial charge in [-0.1, -0.05) is 32.6 Å². The zero-order valence-electron chi connectivity index (χ0n) is 10.7. The number of aromatic nitrogens is 1. The molecule has 0 aromatic carbocycles. The SMILES string of the molecule is C=CC(CCC)=NC(=C)Cc1cccc(C)n1. The number of rotatable bonds is 6. The van der Waals surface area contributed by atoms with E-state index in [0.29, 0.717) is 6.42 Å². The first-order valence-electron chi connectivity index (χ1n) is 5.96. The van der Waals surface area contributed by atoms with Crippen LogP contribution < -0.4 is 0 Å². The highest BCUT2D eigenvalue weighted by Gasteiger charge is 1.99. The number of aryl methyl sites for hydroxylation is 1. The van der Waals surface area contributed by atoms with Crippen molar-refractivity contribution in [2.24, 2.45) is 4.99 Å². The summed E-state index contributed by atoms with van der Waals surface area (Å²) < 4.78 is 0. The molecule has 0 aliphatic carbocycles. The van der Waals surface area contributed by atoms with Crippen molar-refractivity contribution < 1.29 is 0 Å². The second kappa shape index (κ2) is 6.79. The van der Waals surface area contributed by atoms with Gasteiger partial charge in [-0.3, -0.25) is 9.98 Å². The highest BCUT2D eigenvalue weighted by Crippen LogP contribution is 2.08. The van der Waals surface area contributed by atoms with Crippen LogP contribution in [0.25, 0.3) is 0 Å². The van der Waals surface area contributed by atoms with Crippen LogP contribution >= 0.6 is 0 Å². The number of hydrogen-bond donors (Lipinski definition) is 0. The van der Waals surface area contributed by atoms with E-state index < -0.39 is 0 Å². The summed E-state index contributed by atoms with van der Waals surface area (Å²) in [6, 6.07) is 6.00. The lowest BCUT2D eigenvalue weighted by Crippen LogP contribution is -1.97. The van der Waals surface area contributed by atoms with E-state index in [0.717, 1.165) is 35.6 Å². The van der Waals surface area contributed by atoms with E-state index in [1.54, 1.807) is 6.08 Å². The van der Waals surface area contributed by atoms with Crippen LogP contribution in [0.4, 0.5) is 0 Å². The summed E-state index contributed by atoms with van der Waals surface area (Å²) in [5.74, 6) is 0. The summed E-state index contributed by atoms with van der Waals surface area (Å²) >= 11 is 0. The molecule has 0 atom stereocenters. The van der Waals surface area contributed by atoms with E-state index in [4.69, 9.17) is 0 Å². The van der Waals surface area contributed by atoms with Crippen LogP contribution in [0.1, 0.15) is 31.2 Å². The maximum absolute atomic E-state index is 4.47. The van der Waals surface area contributed by atoms with Gasteiger partial charge >= 0.3 is 0 Å². The first-order valence-corrected chi connectivity index (χ1v) is 5.96. The molecule has 1 rings (SSSR count). The highest BCUT2D eigenvalue weighted by molar-refractivity contribution is 5.95. The number of nitrogens with zero attached hydrogens (tertiary/aromatic N) is 2. The van der Waals surface area contributed by atoms with E-state index in [-0.39, 0.29) is 0 Å². The Bertz CT molecular complexity index is 430. The predicted molar refractivity (Wildman–Crippen MR) is 74.4 cm³/mol. The van der Waals surface area contributed by atoms with Gasteiger partial charge in [-0.05, 0) is 31.6 Å². The van der Waals surface area contributed by atoms with Crippen LogP contribution in [0, 0.1) is 6.92 Å². The molecule has 0 saturated heterocycles. The molecule has 0 aliphatic heterocycles. The molecule has 0 spiro atoms. The molecule has 0 radical (unpaired) electrons. The highest BCUT2D eigenvalue weighted by atomic mass is 14.8. The molecule has 1 aromatic rings. The molecule has 2 nitrogen and oxygen atoms in total. The molecule has 90 valence electrons. The van der Waals surface area contributed by atoms with Crippen molar-refractivity contribution in [3.63, 3.8) is 0 Å². The molecule has 0 saturated carbocycles. The molecule has 2 heteroatoms. The normalized spacial score (nSPS) is 11.3. The van der Waals surface area contributed by atoms with Gasteiger partial charge in [-0.15, -0.1) is 0 Å². The molecule has 1 heterocycles. The quantitative estimate of drug-likeness (QED) is 0.678. The molecule has 17 heavy (non-hydrogen) atoms. The van der Waals surface area contributed by atoms with E-state index in [2.05, 4.69) is 30.1 Å². The Hall–Kier alpha value is -1.70. The summed E-state index contributed by atoms with van der Waals surface area (Å²) in [5.41, 5.74) is 3.88. The van der Waals surface area contributed by atoms with Crippen molar-refractivity contribution in [3.05, 3.63) is 54.5 Å². The van der Waals surface area contributed by atoms with E-state index in [1.165, 1.54) is 0 Å². The van der Waals surface area contributed by atoms with Gasteiger partial charge in [0, 0.05) is 29.2 Å². The van der Waals surface area contributed by atoms with Gasteiger partial charge in [-0.25, -0.2) is 0 Å². The summed E-state index contributed by atoms with van der Waals surface area (Å²) in [6.07, 6.45) is 4.52. The van der Waals surface area contributed by atoms with Gasteiger partial charge in [0.1, 0.15) is 0 Å². The van der Waals surface area contributed by atoms with Crippen LogP contribution in [0.3, 0.4) is 0 Å². The third-order valence-electron chi connectivity index (χ3n) is 2.37. The maximum atomic E-state index is 4.47. The Morgan fingerprint density at radius 1 is 1.47 bits per heavy atom. The monoisotopic (exact) mass is 228 g/mol. The fourth-order valence-electron chi connectivity index (χ4n) is 1.61. The largest absolute Gasteiger partial charge is 0.258 e. The number of aliphatic imine (C=N–C) groups is 1. The van der Waals surface area contributed by atoms with Crippen molar-refractivity contribution in [3.8, 4) is 0 Å². The van der Waals surface area contributed by atoms with Crippen molar-refractivity contribution in [1.29, 1.82) is 0 Å². The number of hydrogen-bond acceptors (Lipinski definition) is 2. The van der Waals surface area contributed by atoms with E-state index in [1.807, 2.05) is 25.1 Å². The van der Waals surface area contributed by atoms with Crippen LogP contribution in [-0.2, 0) is 6.42 Å². The van der Waals surface area contributed by atoms with Crippen LogP contribution in [-0.4, -0.2) is 10.7 Å². The van der Waals surface area contributed by atoms with E-state index in [9.17, 15) is 0 Å². The van der Waals surface area contributed by atoms with Crippen LogP contribution in [0.15, 0.2) is 48.1 Å². The van der Waals surface area contributed by atoms with Crippen LogP contribution in [0.5, 0.6) is 0 Å². The lowest BCUT2D eigenvalue weighted by molar-refractivity contribution is 0.974. The van der Waals surface area contributed by atoms with Gasteiger partial charge in [0.15, 0.2) is 0 Å². The molecule has 0 aliphatic rings. The topological polar surface area (TPSA) is 25.2 Å². The maximum Gasteiger partial charge on any atom is 0.0466 e. The standard InChI is InChI=1S/C15H20N2/c1-5-8-14(6-2)17-13(4)11-15-10-7-9-12(3)16-15/h6-7,9-10H,2,4-5,8,11H2,1,3H3. The Balaban J connectivity index is 2.69. The zero-order valence-corrected chi connectivity index (χ0v) is 10.7. The third kappa shape index (κ3) is 4.77. The van der Waals surface area contributed by atoms with E-state index >= 15 is 0 Å². The Kier molecular flexibility index (Phi) is 5.34. The lowest BCUT2D eigenvalue weighted by Gasteiger charge is -2.03. The van der Waals surface area contributed by atoms with Crippen molar-refractivity contribution >= 4 is 5.71 Å². The van der Waals surface area contributed by atoms with Gasteiger partial charge in [-0.2, -0.15) is 0 Å². The first kappa shape index (κ1) is 13.4. The average Bonchev–Trinajstić information content (AvgIpc) is 2.28. The Morgan fingerprint density at radius 3 is 2.82 bits per heavy atom. The Morgan fingerprint density at radius 2 is 2.24 bits per heavy atom. The summed E-state index contributed by atoms with van der Waals surface area (Å²) in [5, 5.41) is 0. The third-order valence-corrected chi connectivity index (χ3v) is 2.37. The minimum absolute atomic E-state index is 0.697. The predicted octanol–water partition coefficient (Wildman–Crippen LogP) is 3.87. The summed E-state index contributed by atoms with van der Waals surface area (Å²) in [6.45, 7) is 11.9. The molecule has 0 bridgehead atoms. The number of allylic oxidation sites excluding steroid dienone is 2. The Labute approximate surface area is 104 Å². The first-order chi connectivity index (χ1) is 8.15. The second-order valence-corrected chi connectivity index (χ2v) is 4.07. The molecular formula is C15H20N2. The minimum Gasteiger partial charge on any atom is -0.258 e. The fraction of sp³-hybridized carbons (Fsp3) is 0.333. The summed E-state index contributed by atoms with van der Waals surface area (Å²) in [7, 11) is 0. The van der Waals surface area contributed by atoms with Crippen molar-refractivity contribution in [2.45, 2.75) is 33.1 Å². The molecule has 0 N–H and O–H groups in total. The zero-order chi connectivity index (χ0) is 12.7. The van der Waals surface area contributed by atoms with Gasteiger partial charge in [0.2, 0.25) is 0 Å². The lowest BCUT2D eigenvalue weighted by atomic mass is 10.2.